The van der Waals surface area contributed by atoms with Crippen molar-refractivity contribution in [1.29, 1.82) is 0 Å². The van der Waals surface area contributed by atoms with Gasteiger partial charge in [0.25, 0.3) is 0 Å². The number of hydrogen-bond acceptors (Lipinski definition) is 2. The fraction of sp³-hybridized carbons (Fsp3) is 0.318. The van der Waals surface area contributed by atoms with Crippen molar-refractivity contribution < 1.29 is 22.7 Å². The predicted octanol–water partition coefficient (Wildman–Crippen LogP) is 5.10. The van der Waals surface area contributed by atoms with Gasteiger partial charge in [-0.05, 0) is 36.5 Å². The van der Waals surface area contributed by atoms with Crippen molar-refractivity contribution in [2.75, 3.05) is 13.1 Å². The third-order valence-corrected chi connectivity index (χ3v) is 5.55. The van der Waals surface area contributed by atoms with Crippen LogP contribution in [-0.4, -0.2) is 23.9 Å². The maximum atomic E-state index is 13.3. The van der Waals surface area contributed by atoms with Crippen LogP contribution in [0.3, 0.4) is 0 Å². The minimum atomic E-state index is -4.37. The standard InChI is InChI=1S/C22H20F3NO2/c1-14-20(17-7-3-5-9-19(17)28-14)21(27)26-12-10-15(11-13-26)16-6-2-4-8-18(16)22(23,24)25/h2-9,15,20H,1,10-13H2. The number of hydrogen-bond donors (Lipinski definition) is 0. The van der Waals surface area contributed by atoms with Crippen LogP contribution in [0.5, 0.6) is 5.75 Å². The predicted molar refractivity (Wildman–Crippen MR) is 99.0 cm³/mol. The highest BCUT2D eigenvalue weighted by Crippen LogP contribution is 2.42. The van der Waals surface area contributed by atoms with E-state index in [1.165, 1.54) is 6.07 Å². The third kappa shape index (κ3) is 3.28. The van der Waals surface area contributed by atoms with Gasteiger partial charge in [-0.3, -0.25) is 4.79 Å². The van der Waals surface area contributed by atoms with E-state index in [-0.39, 0.29) is 11.8 Å². The summed E-state index contributed by atoms with van der Waals surface area (Å²) in [4.78, 5) is 14.8. The van der Waals surface area contributed by atoms with Crippen LogP contribution in [0.1, 0.15) is 41.4 Å². The number of fused-ring (bicyclic) bond motifs is 1. The van der Waals surface area contributed by atoms with Gasteiger partial charge in [0.1, 0.15) is 17.4 Å². The first-order valence-electron chi connectivity index (χ1n) is 9.26. The Morgan fingerprint density at radius 2 is 1.61 bits per heavy atom. The fourth-order valence-corrected chi connectivity index (χ4v) is 4.16. The molecule has 2 heterocycles. The van der Waals surface area contributed by atoms with Crippen LogP contribution < -0.4 is 4.74 Å². The Morgan fingerprint density at radius 1 is 1.00 bits per heavy atom. The second-order valence-corrected chi connectivity index (χ2v) is 7.22. The molecule has 6 heteroatoms. The molecule has 28 heavy (non-hydrogen) atoms. The van der Waals surface area contributed by atoms with Crippen LogP contribution in [0.4, 0.5) is 13.2 Å². The fourth-order valence-electron chi connectivity index (χ4n) is 4.16. The van der Waals surface area contributed by atoms with E-state index in [4.69, 9.17) is 4.74 Å². The van der Waals surface area contributed by atoms with Crippen molar-refractivity contribution in [2.24, 2.45) is 0 Å². The maximum absolute atomic E-state index is 13.3. The van der Waals surface area contributed by atoms with Gasteiger partial charge in [-0.25, -0.2) is 0 Å². The largest absolute Gasteiger partial charge is 0.461 e. The number of alkyl halides is 3. The molecular weight excluding hydrogens is 367 g/mol. The molecule has 0 saturated carbocycles. The van der Waals surface area contributed by atoms with E-state index >= 15 is 0 Å². The van der Waals surface area contributed by atoms with Crippen molar-refractivity contribution in [1.82, 2.24) is 4.90 Å². The lowest BCUT2D eigenvalue weighted by molar-refractivity contribution is -0.139. The number of nitrogens with zero attached hydrogens (tertiary/aromatic N) is 1. The van der Waals surface area contributed by atoms with Gasteiger partial charge in [-0.1, -0.05) is 43.0 Å². The lowest BCUT2D eigenvalue weighted by Crippen LogP contribution is -2.40. The summed E-state index contributed by atoms with van der Waals surface area (Å²) in [5.74, 6) is 0.181. The van der Waals surface area contributed by atoms with Crippen molar-refractivity contribution in [3.8, 4) is 5.75 Å². The summed E-state index contributed by atoms with van der Waals surface area (Å²) in [7, 11) is 0. The van der Waals surface area contributed by atoms with E-state index in [9.17, 15) is 18.0 Å². The third-order valence-electron chi connectivity index (χ3n) is 5.55. The number of likely N-dealkylation sites (tertiary alicyclic amines) is 1. The number of piperidine rings is 1. The van der Waals surface area contributed by atoms with Crippen LogP contribution in [0.25, 0.3) is 0 Å². The molecule has 0 radical (unpaired) electrons. The average Bonchev–Trinajstić information content (AvgIpc) is 3.02. The van der Waals surface area contributed by atoms with Gasteiger partial charge >= 0.3 is 6.18 Å². The number of para-hydroxylation sites is 1. The van der Waals surface area contributed by atoms with Crippen LogP contribution >= 0.6 is 0 Å². The van der Waals surface area contributed by atoms with E-state index in [1.54, 1.807) is 23.1 Å². The molecule has 1 fully saturated rings. The van der Waals surface area contributed by atoms with Gasteiger partial charge in [0.15, 0.2) is 0 Å². The van der Waals surface area contributed by atoms with Gasteiger partial charge in [0.05, 0.1) is 5.56 Å². The lowest BCUT2D eigenvalue weighted by atomic mass is 9.85. The molecule has 3 nitrogen and oxygen atoms in total. The van der Waals surface area contributed by atoms with Crippen LogP contribution in [0, 0.1) is 0 Å². The van der Waals surface area contributed by atoms with Crippen LogP contribution in [0.15, 0.2) is 60.9 Å². The highest BCUT2D eigenvalue weighted by atomic mass is 19.4. The minimum absolute atomic E-state index is 0.0995. The summed E-state index contributed by atoms with van der Waals surface area (Å²) < 4.78 is 45.5. The molecule has 0 N–H and O–H groups in total. The first kappa shape index (κ1) is 18.6. The van der Waals surface area contributed by atoms with Crippen LogP contribution in [0.2, 0.25) is 0 Å². The number of carbonyl (C=O) groups is 1. The average molecular weight is 387 g/mol. The van der Waals surface area contributed by atoms with Crippen molar-refractivity contribution in [3.05, 3.63) is 77.6 Å². The number of carbonyl (C=O) groups excluding carboxylic acids is 1. The Labute approximate surface area is 161 Å². The van der Waals surface area contributed by atoms with E-state index in [0.717, 1.165) is 11.6 Å². The first-order valence-corrected chi connectivity index (χ1v) is 9.26. The summed E-state index contributed by atoms with van der Waals surface area (Å²) in [5.41, 5.74) is 0.536. The Bertz CT molecular complexity index is 914. The van der Waals surface area contributed by atoms with Crippen molar-refractivity contribution in [2.45, 2.75) is 30.9 Å². The summed E-state index contributed by atoms with van der Waals surface area (Å²) in [6, 6.07) is 13.1. The van der Waals surface area contributed by atoms with E-state index in [0.29, 0.717) is 43.0 Å². The van der Waals surface area contributed by atoms with E-state index in [2.05, 4.69) is 6.58 Å². The number of amides is 1. The molecule has 2 aromatic carbocycles. The summed E-state index contributed by atoms with van der Waals surface area (Å²) in [6.45, 7) is 4.71. The highest BCUT2D eigenvalue weighted by Gasteiger charge is 2.39. The number of rotatable bonds is 2. The number of benzene rings is 2. The zero-order chi connectivity index (χ0) is 19.9. The second kappa shape index (κ2) is 7.00. The smallest absolute Gasteiger partial charge is 0.416 e. The Morgan fingerprint density at radius 3 is 2.29 bits per heavy atom. The molecule has 2 aliphatic heterocycles. The quantitative estimate of drug-likeness (QED) is 0.717. The first-order chi connectivity index (χ1) is 13.4. The van der Waals surface area contributed by atoms with E-state index < -0.39 is 17.7 Å². The molecule has 2 aliphatic rings. The normalized spacial score (nSPS) is 20.0. The molecule has 1 atom stereocenters. The Balaban J connectivity index is 1.48. The van der Waals surface area contributed by atoms with Crippen LogP contribution in [-0.2, 0) is 11.0 Å². The summed E-state index contributed by atoms with van der Waals surface area (Å²) in [5, 5.41) is 0. The Hall–Kier alpha value is -2.76. The van der Waals surface area contributed by atoms with Crippen molar-refractivity contribution >= 4 is 5.91 Å². The summed E-state index contributed by atoms with van der Waals surface area (Å²) in [6.07, 6.45) is -3.37. The minimum Gasteiger partial charge on any atom is -0.461 e. The number of halogens is 3. The molecular formula is C22H20F3NO2. The van der Waals surface area contributed by atoms with Gasteiger partial charge < -0.3 is 9.64 Å². The monoisotopic (exact) mass is 387 g/mol. The Kier molecular flexibility index (Phi) is 4.65. The second-order valence-electron chi connectivity index (χ2n) is 7.22. The lowest BCUT2D eigenvalue weighted by Gasteiger charge is -2.34. The molecule has 1 amide bonds. The molecule has 1 saturated heterocycles. The van der Waals surface area contributed by atoms with Crippen molar-refractivity contribution in [3.63, 3.8) is 0 Å². The van der Waals surface area contributed by atoms with E-state index in [1.807, 2.05) is 18.2 Å². The van der Waals surface area contributed by atoms with Gasteiger partial charge in [0.2, 0.25) is 5.91 Å². The maximum Gasteiger partial charge on any atom is 0.416 e. The van der Waals surface area contributed by atoms with Gasteiger partial charge in [-0.2, -0.15) is 13.2 Å². The molecule has 0 aromatic heterocycles. The summed E-state index contributed by atoms with van der Waals surface area (Å²) >= 11 is 0. The van der Waals surface area contributed by atoms with Gasteiger partial charge in [0, 0.05) is 18.7 Å². The molecule has 2 aromatic rings. The topological polar surface area (TPSA) is 29.5 Å². The molecule has 0 aliphatic carbocycles. The molecule has 146 valence electrons. The zero-order valence-electron chi connectivity index (χ0n) is 15.2. The molecule has 0 bridgehead atoms. The molecule has 1 unspecified atom stereocenters. The highest BCUT2D eigenvalue weighted by molar-refractivity contribution is 5.88. The zero-order valence-corrected chi connectivity index (χ0v) is 15.2. The number of ether oxygens (including phenoxy) is 1. The molecule has 4 rings (SSSR count). The molecule has 0 spiro atoms. The SMILES string of the molecule is C=C1Oc2ccccc2C1C(=O)N1CCC(c2ccccc2C(F)(F)F)CC1. The van der Waals surface area contributed by atoms with Gasteiger partial charge in [-0.15, -0.1) is 0 Å².